The molecule has 1 aliphatic rings. The van der Waals surface area contributed by atoms with Crippen molar-refractivity contribution in [3.8, 4) is 0 Å². The van der Waals surface area contributed by atoms with Gasteiger partial charge >= 0.3 is 0 Å². The van der Waals surface area contributed by atoms with Crippen molar-refractivity contribution in [3.05, 3.63) is 29.3 Å². The van der Waals surface area contributed by atoms with E-state index in [1.54, 1.807) is 12.1 Å². The van der Waals surface area contributed by atoms with Crippen LogP contribution in [0.3, 0.4) is 0 Å². The highest BCUT2D eigenvalue weighted by molar-refractivity contribution is 6.33. The van der Waals surface area contributed by atoms with Gasteiger partial charge in [0.1, 0.15) is 0 Å². The van der Waals surface area contributed by atoms with Crippen molar-refractivity contribution in [2.24, 2.45) is 0 Å². The highest BCUT2D eigenvalue weighted by atomic mass is 35.5. The number of aliphatic hydroxyl groups is 1. The molecule has 0 atom stereocenters. The summed E-state index contributed by atoms with van der Waals surface area (Å²) >= 11 is 5.58. The highest BCUT2D eigenvalue weighted by Gasteiger charge is 2.09. The maximum atomic E-state index is 8.73. The number of hydrogen-bond acceptors (Lipinski definition) is 2. The molecule has 0 unspecified atom stereocenters. The van der Waals surface area contributed by atoms with Crippen molar-refractivity contribution in [2.75, 3.05) is 5.73 Å². The summed E-state index contributed by atoms with van der Waals surface area (Å²) in [5.74, 6) is 0. The number of rotatable bonds is 0. The van der Waals surface area contributed by atoms with Gasteiger partial charge in [0, 0.05) is 0 Å². The van der Waals surface area contributed by atoms with E-state index >= 15 is 0 Å². The molecular weight excluding hydrogens is 198 g/mol. The SMILES string of the molecule is Nc1ccccc1Cl.OC1CCCC1. The van der Waals surface area contributed by atoms with Crippen LogP contribution in [0.5, 0.6) is 0 Å². The van der Waals surface area contributed by atoms with E-state index < -0.39 is 0 Å². The quantitative estimate of drug-likeness (QED) is 0.651. The molecule has 1 fully saturated rings. The lowest BCUT2D eigenvalue weighted by molar-refractivity contribution is 0.183. The topological polar surface area (TPSA) is 46.2 Å². The van der Waals surface area contributed by atoms with Crippen molar-refractivity contribution in [3.63, 3.8) is 0 Å². The molecule has 78 valence electrons. The van der Waals surface area contributed by atoms with Crippen LogP contribution in [0.4, 0.5) is 5.69 Å². The summed E-state index contributed by atoms with van der Waals surface area (Å²) in [6.07, 6.45) is 4.60. The van der Waals surface area contributed by atoms with Crippen molar-refractivity contribution >= 4 is 17.3 Å². The van der Waals surface area contributed by atoms with E-state index in [1.165, 1.54) is 12.8 Å². The second-order valence-electron chi connectivity index (χ2n) is 3.46. The van der Waals surface area contributed by atoms with E-state index in [2.05, 4.69) is 0 Å². The molecule has 14 heavy (non-hydrogen) atoms. The predicted octanol–water partition coefficient (Wildman–Crippen LogP) is 2.84. The Morgan fingerprint density at radius 2 is 1.79 bits per heavy atom. The van der Waals surface area contributed by atoms with E-state index in [-0.39, 0.29) is 6.10 Å². The minimum atomic E-state index is 0.0463. The van der Waals surface area contributed by atoms with E-state index in [0.29, 0.717) is 10.7 Å². The second kappa shape index (κ2) is 5.89. The van der Waals surface area contributed by atoms with Crippen LogP contribution in [-0.4, -0.2) is 11.2 Å². The second-order valence-corrected chi connectivity index (χ2v) is 3.87. The summed E-state index contributed by atoms with van der Waals surface area (Å²) in [5.41, 5.74) is 6.02. The van der Waals surface area contributed by atoms with Crippen LogP contribution < -0.4 is 5.73 Å². The Bertz CT molecular complexity index is 251. The van der Waals surface area contributed by atoms with Crippen molar-refractivity contribution in [1.82, 2.24) is 0 Å². The third-order valence-electron chi connectivity index (χ3n) is 2.23. The monoisotopic (exact) mass is 213 g/mol. The number of hydrogen-bond donors (Lipinski definition) is 2. The number of benzene rings is 1. The van der Waals surface area contributed by atoms with Gasteiger partial charge in [-0.1, -0.05) is 36.6 Å². The zero-order chi connectivity index (χ0) is 10.4. The molecule has 3 heteroatoms. The standard InChI is InChI=1S/C6H6ClN.C5H10O/c7-5-3-1-2-4-6(5)8;6-5-3-1-2-4-5/h1-4H,8H2;5-6H,1-4H2. The van der Waals surface area contributed by atoms with E-state index in [9.17, 15) is 0 Å². The summed E-state index contributed by atoms with van der Waals surface area (Å²) in [5, 5.41) is 9.35. The molecule has 1 aromatic carbocycles. The normalized spacial score (nSPS) is 16.1. The Hall–Kier alpha value is -0.730. The Morgan fingerprint density at radius 1 is 1.21 bits per heavy atom. The van der Waals surface area contributed by atoms with Gasteiger partial charge in [-0.15, -0.1) is 0 Å². The van der Waals surface area contributed by atoms with Crippen LogP contribution in [0.1, 0.15) is 25.7 Å². The molecule has 2 nitrogen and oxygen atoms in total. The van der Waals surface area contributed by atoms with Crippen LogP contribution in [0.15, 0.2) is 24.3 Å². The first kappa shape index (κ1) is 11.3. The van der Waals surface area contributed by atoms with Crippen molar-refractivity contribution < 1.29 is 5.11 Å². The van der Waals surface area contributed by atoms with E-state index in [4.69, 9.17) is 22.4 Å². The lowest BCUT2D eigenvalue weighted by atomic mass is 10.3. The largest absolute Gasteiger partial charge is 0.398 e. The van der Waals surface area contributed by atoms with Gasteiger partial charge in [-0.3, -0.25) is 0 Å². The molecule has 3 N–H and O–H groups in total. The molecule has 0 aromatic heterocycles. The van der Waals surface area contributed by atoms with Crippen LogP contribution in [0, 0.1) is 0 Å². The number of aliphatic hydroxyl groups excluding tert-OH is 1. The average Bonchev–Trinajstić information content (AvgIpc) is 2.63. The molecule has 0 amide bonds. The number of halogens is 1. The van der Waals surface area contributed by atoms with Gasteiger partial charge in [0.25, 0.3) is 0 Å². The van der Waals surface area contributed by atoms with Crippen molar-refractivity contribution in [1.29, 1.82) is 0 Å². The fourth-order valence-corrected chi connectivity index (χ4v) is 1.52. The van der Waals surface area contributed by atoms with Gasteiger partial charge in [0.2, 0.25) is 0 Å². The fourth-order valence-electron chi connectivity index (χ4n) is 1.38. The van der Waals surface area contributed by atoms with Crippen LogP contribution in [0.2, 0.25) is 5.02 Å². The summed E-state index contributed by atoms with van der Waals surface area (Å²) < 4.78 is 0. The molecule has 0 aliphatic heterocycles. The average molecular weight is 214 g/mol. The van der Waals surface area contributed by atoms with Crippen LogP contribution in [-0.2, 0) is 0 Å². The first-order valence-electron chi connectivity index (χ1n) is 4.88. The number of anilines is 1. The van der Waals surface area contributed by atoms with Gasteiger partial charge in [-0.25, -0.2) is 0 Å². The molecule has 0 spiro atoms. The zero-order valence-electron chi connectivity index (χ0n) is 8.12. The number of para-hydroxylation sites is 1. The summed E-state index contributed by atoms with van der Waals surface area (Å²) in [7, 11) is 0. The van der Waals surface area contributed by atoms with Gasteiger partial charge < -0.3 is 10.8 Å². The maximum absolute atomic E-state index is 8.73. The van der Waals surface area contributed by atoms with Crippen molar-refractivity contribution in [2.45, 2.75) is 31.8 Å². The minimum absolute atomic E-state index is 0.0463. The molecule has 1 aliphatic carbocycles. The van der Waals surface area contributed by atoms with E-state index in [1.807, 2.05) is 12.1 Å². The Morgan fingerprint density at radius 3 is 2.07 bits per heavy atom. The van der Waals surface area contributed by atoms with Crippen LogP contribution in [0.25, 0.3) is 0 Å². The Labute approximate surface area is 89.7 Å². The van der Waals surface area contributed by atoms with Gasteiger partial charge in [-0.05, 0) is 25.0 Å². The Kier molecular flexibility index (Phi) is 4.77. The molecule has 0 bridgehead atoms. The van der Waals surface area contributed by atoms with Gasteiger partial charge in [0.05, 0.1) is 16.8 Å². The molecule has 1 saturated carbocycles. The Balaban J connectivity index is 0.000000146. The molecule has 0 heterocycles. The first-order valence-corrected chi connectivity index (χ1v) is 5.26. The van der Waals surface area contributed by atoms with E-state index in [0.717, 1.165) is 12.8 Å². The van der Waals surface area contributed by atoms with Gasteiger partial charge in [0.15, 0.2) is 0 Å². The predicted molar refractivity (Wildman–Crippen MR) is 60.3 cm³/mol. The highest BCUT2D eigenvalue weighted by Crippen LogP contribution is 2.16. The fraction of sp³-hybridized carbons (Fsp3) is 0.455. The third-order valence-corrected chi connectivity index (χ3v) is 2.57. The number of nitrogens with two attached hydrogens (primary N) is 1. The summed E-state index contributed by atoms with van der Waals surface area (Å²) in [6, 6.07) is 7.22. The summed E-state index contributed by atoms with van der Waals surface area (Å²) in [4.78, 5) is 0. The third kappa shape index (κ3) is 3.99. The maximum Gasteiger partial charge on any atom is 0.0635 e. The number of nitrogen functional groups attached to an aromatic ring is 1. The lowest BCUT2D eigenvalue weighted by Crippen LogP contribution is -1.94. The first-order chi connectivity index (χ1) is 6.70. The molecular formula is C11H16ClNO. The summed E-state index contributed by atoms with van der Waals surface area (Å²) in [6.45, 7) is 0. The molecule has 0 saturated heterocycles. The molecule has 2 rings (SSSR count). The smallest absolute Gasteiger partial charge is 0.0635 e. The van der Waals surface area contributed by atoms with Gasteiger partial charge in [-0.2, -0.15) is 0 Å². The molecule has 0 radical (unpaired) electrons. The van der Waals surface area contributed by atoms with Crippen LogP contribution >= 0.6 is 11.6 Å². The lowest BCUT2D eigenvalue weighted by Gasteiger charge is -1.91. The minimum Gasteiger partial charge on any atom is -0.398 e. The zero-order valence-corrected chi connectivity index (χ0v) is 8.87. The molecule has 1 aromatic rings.